The van der Waals surface area contributed by atoms with Crippen molar-refractivity contribution in [3.63, 3.8) is 0 Å². The van der Waals surface area contributed by atoms with Crippen molar-refractivity contribution in [1.82, 2.24) is 0 Å². The SMILES string of the molecule is CC(C)Oc1ccc(C(C)C)cc1.COc1ccc(C(O)(c2ccc(CO)cc2)c2cc(C(C)C)ccc2Oc2ccc(C(C)C)cc2)cc1.COc1ccc(C(c2ccc(CO)cc2)(c2cc(C(C)C)ccc2Oc2ccc(C(C)C)cc2)c2cc(C(C)C)ccc2OC(C)C)cc1.COc1ccc(C2(c3ccc(CO)cc3)c3cc(C(C)C)ccc3Oc3ccc(C(C)C)cc32)cc1. The van der Waals surface area contributed by atoms with Crippen molar-refractivity contribution < 1.29 is 58.3 Å². The van der Waals surface area contributed by atoms with Crippen LogP contribution in [0.3, 0.4) is 0 Å². The molecule has 12 heteroatoms. The molecule has 0 saturated carbocycles. The van der Waals surface area contributed by atoms with Gasteiger partial charge in [-0.1, -0.05) is 311 Å². The molecule has 0 saturated heterocycles. The second-order valence-corrected chi connectivity index (χ2v) is 38.3. The fourth-order valence-corrected chi connectivity index (χ4v) is 17.5. The van der Waals surface area contributed by atoms with Gasteiger partial charge in [0.1, 0.15) is 68.8 Å². The third-order valence-corrected chi connectivity index (χ3v) is 25.7. The Hall–Kier alpha value is -12.7. The lowest BCUT2D eigenvalue weighted by atomic mass is 9.63. The minimum Gasteiger partial charge on any atom is -0.497 e. The molecule has 4 N–H and O–H groups in total. The lowest BCUT2D eigenvalue weighted by Gasteiger charge is -2.42. The van der Waals surface area contributed by atoms with Gasteiger partial charge in [0.2, 0.25) is 0 Å². The van der Waals surface area contributed by atoms with Crippen molar-refractivity contribution in [2.75, 3.05) is 21.3 Å². The van der Waals surface area contributed by atoms with Crippen LogP contribution < -0.4 is 37.9 Å². The Morgan fingerprint density at radius 2 is 0.519 bits per heavy atom. The highest BCUT2D eigenvalue weighted by Gasteiger charge is 2.48. The number of fused-ring (bicyclic) bond motifs is 2. The number of hydrogen-bond donors (Lipinski definition) is 4. The number of ether oxygens (including phenoxy) is 8. The maximum Gasteiger partial charge on any atom is 0.144 e. The molecular weight excluding hydrogens is 1670 g/mol. The second-order valence-electron chi connectivity index (χ2n) is 38.3. The highest BCUT2D eigenvalue weighted by molar-refractivity contribution is 5.72. The first-order valence-corrected chi connectivity index (χ1v) is 47.9. The first-order valence-electron chi connectivity index (χ1n) is 47.9. The Bertz CT molecular complexity index is 5920. The average Bonchev–Trinajstić information content (AvgIpc) is 0.707. The monoisotopic (exact) mass is 1810 g/mol. The van der Waals surface area contributed by atoms with Crippen molar-refractivity contribution in [1.29, 1.82) is 0 Å². The number of benzene rings is 14. The molecule has 1 aliphatic rings. The van der Waals surface area contributed by atoms with E-state index in [0.29, 0.717) is 63.5 Å². The van der Waals surface area contributed by atoms with Crippen molar-refractivity contribution in [2.45, 2.75) is 234 Å². The summed E-state index contributed by atoms with van der Waals surface area (Å²) in [4.78, 5) is 0. The van der Waals surface area contributed by atoms with E-state index in [1.54, 1.807) is 21.3 Å². The summed E-state index contributed by atoms with van der Waals surface area (Å²) in [6.45, 7) is 43.3. The Labute approximate surface area is 804 Å². The van der Waals surface area contributed by atoms with Gasteiger partial charge < -0.3 is 58.3 Å². The summed E-state index contributed by atoms with van der Waals surface area (Å²) in [5.41, 5.74) is 20.1. The maximum absolute atomic E-state index is 12.7. The van der Waals surface area contributed by atoms with Crippen LogP contribution in [0.2, 0.25) is 0 Å². The van der Waals surface area contributed by atoms with Gasteiger partial charge >= 0.3 is 0 Å². The summed E-state index contributed by atoms with van der Waals surface area (Å²) in [5.74, 6) is 11.6. The Morgan fingerprint density at radius 1 is 0.259 bits per heavy atom. The van der Waals surface area contributed by atoms with Crippen molar-refractivity contribution in [3.8, 4) is 63.2 Å². The number of aliphatic hydroxyl groups excluding tert-OH is 3. The second kappa shape index (κ2) is 45.6. The molecule has 704 valence electrons. The molecule has 14 aromatic rings. The normalized spacial score (nSPS) is 13.0. The molecule has 2 unspecified atom stereocenters. The standard InChI is InChI=1S/C45H52O4.C33H36O4.C33H34O3.C12H18O/c1-29(2)34-12-20-40(21-13-34)49-44-25-15-36(31(5)6)27-42(44)45(37-16-10-33(28-46)11-17-37,38-18-22-39(47-9)23-19-38)41-26-35(30(3)4)14-24-43(41)48-32(7)8;1-22(2)25-8-15-30(16-9-25)37-32-19-10-26(23(3)4)20-31(32)33(35,27-11-6-24(21-34)7-12-27)28-13-17-29(36-5)18-14-28;1-21(2)24-8-16-31-29(18-24)33(26-10-6-23(20-34)7-11-26,27-12-14-28(35-5)15-13-27)30-19-25(22(3)4)9-17-32(30)36-31;1-9(2)11-5-7-12(8-6-11)13-10(3)4/h10-27,29-32,46H,28H2,1-9H3;6-20,22-23,34-35H,21H2,1-5H3;6-19,21-22,34H,20H2,1-5H3;5-10H,1-4H3. The van der Waals surface area contributed by atoms with Gasteiger partial charge in [-0.15, -0.1) is 0 Å². The van der Waals surface area contributed by atoms with Crippen LogP contribution in [-0.2, 0) is 36.3 Å². The molecule has 0 aliphatic carbocycles. The number of methoxy groups -OCH3 is 3. The van der Waals surface area contributed by atoms with Gasteiger partial charge in [0, 0.05) is 27.8 Å². The lowest BCUT2D eigenvalue weighted by molar-refractivity contribution is 0.122. The first-order chi connectivity index (χ1) is 64.7. The summed E-state index contributed by atoms with van der Waals surface area (Å²) in [6, 6.07) is 106. The summed E-state index contributed by atoms with van der Waals surface area (Å²) >= 11 is 0. The van der Waals surface area contributed by atoms with E-state index < -0.39 is 16.4 Å². The van der Waals surface area contributed by atoms with Gasteiger partial charge in [-0.3, -0.25) is 0 Å². The van der Waals surface area contributed by atoms with E-state index in [1.807, 2.05) is 147 Å². The van der Waals surface area contributed by atoms with E-state index in [1.165, 1.54) is 38.9 Å². The van der Waals surface area contributed by atoms with Crippen LogP contribution in [0.15, 0.2) is 309 Å². The Balaban J connectivity index is 0.000000172. The molecule has 2 atom stereocenters. The van der Waals surface area contributed by atoms with Gasteiger partial charge in [0.05, 0.1) is 64.2 Å². The number of aliphatic hydroxyl groups is 4. The van der Waals surface area contributed by atoms with Crippen LogP contribution in [0.4, 0.5) is 0 Å². The Morgan fingerprint density at radius 3 is 0.859 bits per heavy atom. The fourth-order valence-electron chi connectivity index (χ4n) is 17.5. The third-order valence-electron chi connectivity index (χ3n) is 25.7. The molecule has 0 radical (unpaired) electrons. The van der Waals surface area contributed by atoms with E-state index in [-0.39, 0.29) is 49.8 Å². The van der Waals surface area contributed by atoms with E-state index >= 15 is 0 Å². The molecule has 12 nitrogen and oxygen atoms in total. The molecule has 15 rings (SSSR count). The van der Waals surface area contributed by atoms with E-state index in [9.17, 15) is 20.4 Å². The van der Waals surface area contributed by atoms with Crippen molar-refractivity contribution >= 4 is 0 Å². The average molecular weight is 1810 g/mol. The number of hydrogen-bond acceptors (Lipinski definition) is 12. The molecule has 135 heavy (non-hydrogen) atoms. The van der Waals surface area contributed by atoms with Crippen LogP contribution in [0.25, 0.3) is 0 Å². The molecule has 0 spiro atoms. The molecule has 0 bridgehead atoms. The van der Waals surface area contributed by atoms with Crippen molar-refractivity contribution in [3.05, 3.63) is 432 Å². The Kier molecular flexibility index (Phi) is 34.2. The maximum atomic E-state index is 12.7. The molecule has 0 aromatic heterocycles. The van der Waals surface area contributed by atoms with Gasteiger partial charge in [0.15, 0.2) is 0 Å². The zero-order valence-electron chi connectivity index (χ0n) is 83.4. The van der Waals surface area contributed by atoms with Gasteiger partial charge in [-0.25, -0.2) is 0 Å². The highest BCUT2D eigenvalue weighted by Crippen LogP contribution is 2.58. The zero-order valence-corrected chi connectivity index (χ0v) is 83.4. The third kappa shape index (κ3) is 23.3. The van der Waals surface area contributed by atoms with Crippen LogP contribution in [-0.4, -0.2) is 54.0 Å². The van der Waals surface area contributed by atoms with E-state index in [4.69, 9.17) is 37.9 Å². The quantitative estimate of drug-likeness (QED) is 0.0306. The molecule has 1 aliphatic heterocycles. The van der Waals surface area contributed by atoms with Crippen LogP contribution >= 0.6 is 0 Å². The molecule has 14 aromatic carbocycles. The summed E-state index contributed by atoms with van der Waals surface area (Å²) in [5, 5.41) is 42.1. The van der Waals surface area contributed by atoms with Gasteiger partial charge in [-0.2, -0.15) is 0 Å². The van der Waals surface area contributed by atoms with Crippen LogP contribution in [0.5, 0.6) is 63.2 Å². The predicted molar refractivity (Wildman–Crippen MR) is 552 cm³/mol. The topological polar surface area (TPSA) is 155 Å². The minimum absolute atomic E-state index is 0.0150. The molecule has 0 amide bonds. The molecule has 1 heterocycles. The van der Waals surface area contributed by atoms with Crippen LogP contribution in [0.1, 0.15) is 308 Å². The summed E-state index contributed by atoms with van der Waals surface area (Å²) in [6.07, 6.45) is 0.205. The lowest BCUT2D eigenvalue weighted by Crippen LogP contribution is -2.34. The first kappa shape index (κ1) is 101. The highest BCUT2D eigenvalue weighted by atomic mass is 16.5. The van der Waals surface area contributed by atoms with Gasteiger partial charge in [0.25, 0.3) is 0 Å². The summed E-state index contributed by atoms with van der Waals surface area (Å²) in [7, 11) is 5.01. The molecular formula is C123H140O12. The van der Waals surface area contributed by atoms with Gasteiger partial charge in [-0.05, 0) is 279 Å². The summed E-state index contributed by atoms with van der Waals surface area (Å²) < 4.78 is 48.7. The van der Waals surface area contributed by atoms with E-state index in [2.05, 4.69) is 301 Å². The number of rotatable bonds is 31. The zero-order chi connectivity index (χ0) is 97.2. The minimum atomic E-state index is -1.52. The van der Waals surface area contributed by atoms with E-state index in [0.717, 1.165) is 113 Å². The fraction of sp³-hybridized carbons (Fsp3) is 0.317. The molecule has 0 fully saturated rings. The largest absolute Gasteiger partial charge is 0.497 e. The van der Waals surface area contributed by atoms with Crippen LogP contribution in [0, 0.1) is 0 Å². The van der Waals surface area contributed by atoms with Crippen molar-refractivity contribution in [2.24, 2.45) is 0 Å². The smallest absolute Gasteiger partial charge is 0.144 e. The predicted octanol–water partition coefficient (Wildman–Crippen LogP) is 30.6.